The van der Waals surface area contributed by atoms with E-state index in [0.29, 0.717) is 18.1 Å². The van der Waals surface area contributed by atoms with Gasteiger partial charge in [0.1, 0.15) is 0 Å². The Morgan fingerprint density at radius 3 is 3.00 bits per heavy atom. The molecule has 0 saturated heterocycles. The smallest absolute Gasteiger partial charge is 0.308 e. The van der Waals surface area contributed by atoms with Crippen molar-refractivity contribution in [2.75, 3.05) is 6.54 Å². The van der Waals surface area contributed by atoms with Gasteiger partial charge < -0.3 is 5.73 Å². The molecule has 14 heavy (non-hydrogen) atoms. The maximum atomic E-state index is 11.5. The second-order valence-corrected chi connectivity index (χ2v) is 4.35. The van der Waals surface area contributed by atoms with Crippen LogP contribution >= 0.6 is 22.9 Å². The molecule has 1 aromatic heterocycles. The number of thiazole rings is 1. The molecule has 0 aliphatic heterocycles. The number of hydrogen-bond acceptors (Lipinski definition) is 3. The summed E-state index contributed by atoms with van der Waals surface area (Å²) in [5.41, 5.74) is 6.30. The van der Waals surface area contributed by atoms with E-state index in [1.165, 1.54) is 11.3 Å². The summed E-state index contributed by atoms with van der Waals surface area (Å²) < 4.78 is 2.61. The Bertz CT molecular complexity index is 517. The number of halogens is 1. The first-order valence-electron chi connectivity index (χ1n) is 4.21. The number of nitrogens with two attached hydrogens (primary N) is 1. The number of hydrogen-bond donors (Lipinski definition) is 1. The number of rotatable bonds is 2. The van der Waals surface area contributed by atoms with Crippen LogP contribution in [-0.2, 0) is 6.54 Å². The van der Waals surface area contributed by atoms with Gasteiger partial charge in [0.2, 0.25) is 0 Å². The van der Waals surface area contributed by atoms with Crippen molar-refractivity contribution in [1.82, 2.24) is 4.57 Å². The Morgan fingerprint density at radius 1 is 1.50 bits per heavy atom. The second kappa shape index (κ2) is 3.73. The maximum absolute atomic E-state index is 11.5. The highest BCUT2D eigenvalue weighted by Gasteiger charge is 2.06. The van der Waals surface area contributed by atoms with Gasteiger partial charge in [0.05, 0.1) is 10.2 Å². The third-order valence-corrected chi connectivity index (χ3v) is 3.18. The minimum absolute atomic E-state index is 0.0210. The van der Waals surface area contributed by atoms with Gasteiger partial charge in [-0.1, -0.05) is 22.9 Å². The van der Waals surface area contributed by atoms with Crippen molar-refractivity contribution in [3.63, 3.8) is 0 Å². The van der Waals surface area contributed by atoms with Crippen LogP contribution in [0.1, 0.15) is 0 Å². The first kappa shape index (κ1) is 9.71. The molecule has 1 aromatic carbocycles. The van der Waals surface area contributed by atoms with Gasteiger partial charge in [-0.05, 0) is 18.2 Å². The molecule has 2 rings (SSSR count). The zero-order chi connectivity index (χ0) is 10.1. The van der Waals surface area contributed by atoms with Crippen LogP contribution < -0.4 is 10.6 Å². The topological polar surface area (TPSA) is 48.0 Å². The number of benzene rings is 1. The maximum Gasteiger partial charge on any atom is 0.308 e. The molecule has 0 aliphatic rings. The third kappa shape index (κ3) is 1.56. The van der Waals surface area contributed by atoms with Crippen LogP contribution in [-0.4, -0.2) is 11.1 Å². The Kier molecular flexibility index (Phi) is 2.58. The van der Waals surface area contributed by atoms with Gasteiger partial charge in [-0.3, -0.25) is 9.36 Å². The van der Waals surface area contributed by atoms with Crippen LogP contribution in [0.5, 0.6) is 0 Å². The first-order valence-corrected chi connectivity index (χ1v) is 5.41. The Morgan fingerprint density at radius 2 is 2.29 bits per heavy atom. The zero-order valence-electron chi connectivity index (χ0n) is 7.37. The molecule has 0 unspecified atom stereocenters. The lowest BCUT2D eigenvalue weighted by Crippen LogP contribution is -2.18. The predicted molar refractivity (Wildman–Crippen MR) is 60.1 cm³/mol. The number of aromatic nitrogens is 1. The lowest BCUT2D eigenvalue weighted by molar-refractivity contribution is 0.721. The number of fused-ring (bicyclic) bond motifs is 1. The standard InChI is InChI=1S/C9H9ClN2OS/c10-6-1-2-8-7(5-6)12(4-3-11)9(13)14-8/h1-2,5H,3-4,11H2. The van der Waals surface area contributed by atoms with E-state index in [-0.39, 0.29) is 4.87 Å². The second-order valence-electron chi connectivity index (χ2n) is 2.92. The highest BCUT2D eigenvalue weighted by molar-refractivity contribution is 7.16. The molecule has 0 atom stereocenters. The highest BCUT2D eigenvalue weighted by Crippen LogP contribution is 2.21. The summed E-state index contributed by atoms with van der Waals surface area (Å²) in [6.45, 7) is 0.997. The molecule has 0 aliphatic carbocycles. The molecule has 0 spiro atoms. The summed E-state index contributed by atoms with van der Waals surface area (Å²) in [6.07, 6.45) is 0. The van der Waals surface area contributed by atoms with E-state index < -0.39 is 0 Å². The molecule has 0 radical (unpaired) electrons. The Balaban J connectivity index is 2.73. The van der Waals surface area contributed by atoms with E-state index in [9.17, 15) is 4.79 Å². The zero-order valence-corrected chi connectivity index (χ0v) is 8.94. The molecule has 2 N–H and O–H groups in total. The molecule has 5 heteroatoms. The molecule has 0 amide bonds. The summed E-state index contributed by atoms with van der Waals surface area (Å²) in [4.78, 5) is 11.5. The van der Waals surface area contributed by atoms with E-state index in [2.05, 4.69) is 0 Å². The minimum Gasteiger partial charge on any atom is -0.329 e. The van der Waals surface area contributed by atoms with E-state index in [0.717, 1.165) is 10.2 Å². The molecular formula is C9H9ClN2OS. The normalized spacial score (nSPS) is 11.0. The average Bonchev–Trinajstić information content (AvgIpc) is 2.45. The fourth-order valence-electron chi connectivity index (χ4n) is 1.38. The van der Waals surface area contributed by atoms with Crippen molar-refractivity contribution < 1.29 is 0 Å². The SMILES string of the molecule is NCCn1c(=O)sc2ccc(Cl)cc21. The van der Waals surface area contributed by atoms with Gasteiger partial charge in [0.15, 0.2) is 0 Å². The number of nitrogens with zero attached hydrogens (tertiary/aromatic N) is 1. The quantitative estimate of drug-likeness (QED) is 0.850. The summed E-state index contributed by atoms with van der Waals surface area (Å²) in [5, 5.41) is 0.640. The van der Waals surface area contributed by atoms with Crippen LogP contribution in [0, 0.1) is 0 Å². The molecule has 3 nitrogen and oxygen atoms in total. The van der Waals surface area contributed by atoms with Crippen LogP contribution in [0.4, 0.5) is 0 Å². The summed E-state index contributed by atoms with van der Waals surface area (Å²) in [7, 11) is 0. The Labute approximate surface area is 89.7 Å². The third-order valence-electron chi connectivity index (χ3n) is 1.98. The molecule has 2 aromatic rings. The molecule has 0 saturated carbocycles. The van der Waals surface area contributed by atoms with Gasteiger partial charge in [-0.25, -0.2) is 0 Å². The molecule has 0 bridgehead atoms. The van der Waals surface area contributed by atoms with Crippen LogP contribution in [0.25, 0.3) is 10.2 Å². The summed E-state index contributed by atoms with van der Waals surface area (Å²) >= 11 is 7.08. The van der Waals surface area contributed by atoms with Crippen molar-refractivity contribution in [2.45, 2.75) is 6.54 Å². The van der Waals surface area contributed by atoms with E-state index >= 15 is 0 Å². The molecular weight excluding hydrogens is 220 g/mol. The van der Waals surface area contributed by atoms with Crippen molar-refractivity contribution in [3.8, 4) is 0 Å². The first-order chi connectivity index (χ1) is 6.72. The lowest BCUT2D eigenvalue weighted by Gasteiger charge is -2.00. The van der Waals surface area contributed by atoms with Crippen molar-refractivity contribution >= 4 is 33.2 Å². The molecule has 74 valence electrons. The van der Waals surface area contributed by atoms with Crippen LogP contribution in [0.15, 0.2) is 23.0 Å². The monoisotopic (exact) mass is 228 g/mol. The van der Waals surface area contributed by atoms with Crippen LogP contribution in [0.3, 0.4) is 0 Å². The fraction of sp³-hybridized carbons (Fsp3) is 0.222. The van der Waals surface area contributed by atoms with E-state index in [1.54, 1.807) is 16.7 Å². The van der Waals surface area contributed by atoms with Gasteiger partial charge in [0.25, 0.3) is 0 Å². The van der Waals surface area contributed by atoms with Gasteiger partial charge >= 0.3 is 4.87 Å². The average molecular weight is 229 g/mol. The van der Waals surface area contributed by atoms with E-state index in [4.69, 9.17) is 17.3 Å². The van der Waals surface area contributed by atoms with Gasteiger partial charge in [-0.2, -0.15) is 0 Å². The summed E-state index contributed by atoms with van der Waals surface area (Å²) in [6, 6.07) is 5.44. The van der Waals surface area contributed by atoms with Crippen molar-refractivity contribution in [2.24, 2.45) is 5.73 Å². The van der Waals surface area contributed by atoms with Crippen LogP contribution in [0.2, 0.25) is 5.02 Å². The Hall–Kier alpha value is -0.840. The van der Waals surface area contributed by atoms with E-state index in [1.807, 2.05) is 6.07 Å². The fourth-order valence-corrected chi connectivity index (χ4v) is 2.44. The van der Waals surface area contributed by atoms with Crippen molar-refractivity contribution in [1.29, 1.82) is 0 Å². The summed E-state index contributed by atoms with van der Waals surface area (Å²) in [5.74, 6) is 0. The van der Waals surface area contributed by atoms with Gasteiger partial charge in [0, 0.05) is 18.1 Å². The van der Waals surface area contributed by atoms with Crippen molar-refractivity contribution in [3.05, 3.63) is 32.9 Å². The lowest BCUT2D eigenvalue weighted by atomic mass is 10.3. The largest absolute Gasteiger partial charge is 0.329 e. The highest BCUT2D eigenvalue weighted by atomic mass is 35.5. The molecule has 0 fully saturated rings. The molecule has 1 heterocycles. The van der Waals surface area contributed by atoms with Gasteiger partial charge in [-0.15, -0.1) is 0 Å². The minimum atomic E-state index is 0.0210. The predicted octanol–water partition coefficient (Wildman–Crippen LogP) is 1.68.